The Labute approximate surface area is 266 Å². The van der Waals surface area contributed by atoms with Crippen LogP contribution in [0.25, 0.3) is 22.4 Å². The molecule has 236 valence electrons. The zero-order chi connectivity index (χ0) is 32.7. The van der Waals surface area contributed by atoms with E-state index in [1.807, 2.05) is 62.5 Å². The second-order valence-corrected chi connectivity index (χ2v) is 15.2. The number of likely N-dealkylation sites (tertiary alicyclic amines) is 1. The van der Waals surface area contributed by atoms with Crippen molar-refractivity contribution in [3.05, 3.63) is 77.7 Å². The summed E-state index contributed by atoms with van der Waals surface area (Å²) < 4.78 is 30.1. The Hall–Kier alpha value is -4.36. The van der Waals surface area contributed by atoms with E-state index in [2.05, 4.69) is 15.3 Å². The number of aromatic nitrogens is 3. The van der Waals surface area contributed by atoms with Gasteiger partial charge in [0.15, 0.2) is 5.13 Å². The predicted octanol–water partition coefficient (Wildman–Crippen LogP) is 4.95. The van der Waals surface area contributed by atoms with Crippen LogP contribution in [0.15, 0.2) is 66.4 Å². The van der Waals surface area contributed by atoms with Crippen LogP contribution >= 0.6 is 11.3 Å². The molecule has 11 nitrogen and oxygen atoms in total. The van der Waals surface area contributed by atoms with Gasteiger partial charge >= 0.3 is 5.97 Å². The highest BCUT2D eigenvalue weighted by molar-refractivity contribution is 7.89. The minimum absolute atomic E-state index is 0.198. The number of carbonyl (C=O) groups is 3. The first-order valence-corrected chi connectivity index (χ1v) is 17.0. The largest absolute Gasteiger partial charge is 0.459 e. The molecule has 0 unspecified atom stereocenters. The summed E-state index contributed by atoms with van der Waals surface area (Å²) in [6.45, 7) is 9.48. The third-order valence-electron chi connectivity index (χ3n) is 7.42. The zero-order valence-corrected chi connectivity index (χ0v) is 27.5. The summed E-state index contributed by atoms with van der Waals surface area (Å²) in [7, 11) is -3.52. The molecule has 0 bridgehead atoms. The number of ether oxygens (including phenoxy) is 1. The number of hydrogen-bond donors (Lipinski definition) is 1. The first-order valence-electron chi connectivity index (χ1n) is 14.3. The topological polar surface area (TPSA) is 141 Å². The zero-order valence-electron chi connectivity index (χ0n) is 25.9. The summed E-state index contributed by atoms with van der Waals surface area (Å²) in [5, 5.41) is 5.06. The second kappa shape index (κ2) is 11.9. The van der Waals surface area contributed by atoms with Crippen molar-refractivity contribution in [2.45, 2.75) is 58.1 Å². The number of thiazole rings is 1. The molecule has 1 saturated heterocycles. The quantitative estimate of drug-likeness (QED) is 0.264. The third kappa shape index (κ3) is 6.99. The number of esters is 1. The summed E-state index contributed by atoms with van der Waals surface area (Å²) in [4.78, 5) is 49.4. The van der Waals surface area contributed by atoms with Gasteiger partial charge in [0.1, 0.15) is 17.1 Å². The average molecular weight is 650 g/mol. The van der Waals surface area contributed by atoms with Crippen LogP contribution in [0.2, 0.25) is 0 Å². The van der Waals surface area contributed by atoms with Crippen LogP contribution in [0.4, 0.5) is 5.13 Å². The number of anilines is 1. The molecule has 1 N–H and O–H groups in total. The minimum atomic E-state index is -3.52. The molecule has 0 radical (unpaired) electrons. The highest BCUT2D eigenvalue weighted by atomic mass is 32.2. The smallest absolute Gasteiger partial charge is 0.318 e. The number of benzene rings is 1. The molecule has 1 atom stereocenters. The maximum Gasteiger partial charge on any atom is 0.318 e. The van der Waals surface area contributed by atoms with Crippen LogP contribution < -0.4 is 5.32 Å². The van der Waals surface area contributed by atoms with E-state index in [4.69, 9.17) is 4.74 Å². The highest BCUT2D eigenvalue weighted by Gasteiger charge is 2.39. The second-order valence-electron chi connectivity index (χ2n) is 12.5. The van der Waals surface area contributed by atoms with E-state index in [1.165, 1.54) is 34.7 Å². The molecule has 1 aliphatic rings. The van der Waals surface area contributed by atoms with Crippen molar-refractivity contribution in [3.8, 4) is 22.4 Å². The lowest BCUT2D eigenvalue weighted by Gasteiger charge is -2.39. The molecular formula is C32H35N5O6S2. The molecular weight excluding hydrogens is 615 g/mol. The number of carbonyl (C=O) groups excluding carboxylic acids is 3. The molecule has 4 heterocycles. The molecule has 3 aromatic heterocycles. The lowest BCUT2D eigenvalue weighted by atomic mass is 9.87. The summed E-state index contributed by atoms with van der Waals surface area (Å²) in [6.07, 6.45) is 5.77. The van der Waals surface area contributed by atoms with Gasteiger partial charge in [-0.3, -0.25) is 23.3 Å². The normalized spacial score (nSPS) is 15.3. The van der Waals surface area contributed by atoms with E-state index in [9.17, 15) is 22.8 Å². The summed E-state index contributed by atoms with van der Waals surface area (Å²) in [5.41, 5.74) is 2.51. The van der Waals surface area contributed by atoms with Crippen molar-refractivity contribution in [3.63, 3.8) is 0 Å². The van der Waals surface area contributed by atoms with Gasteiger partial charge in [-0.15, -0.1) is 11.3 Å². The Bertz CT molecular complexity index is 1890. The van der Waals surface area contributed by atoms with Crippen LogP contribution in [0.1, 0.15) is 57.1 Å². The van der Waals surface area contributed by atoms with Crippen molar-refractivity contribution < 1.29 is 27.5 Å². The standard InChI is InChI=1S/C32H35N5O6S2/c1-31(2,3)43-29(40)32(4,5)26-17-21(10-13-33-26)20-8-7-9-22(16-20)24-19-44-30(34-24)35-27(38)25-12-15-37(25)28(39)23-11-14-36(18-23)45(6,41)42/h7-11,13-14,16-19,25H,12,15H2,1-6H3,(H,34,35,38)/t25-/m0/s1. The van der Waals surface area contributed by atoms with Gasteiger partial charge in [-0.05, 0) is 76.4 Å². The van der Waals surface area contributed by atoms with Gasteiger partial charge in [-0.1, -0.05) is 18.2 Å². The molecule has 1 aromatic carbocycles. The minimum Gasteiger partial charge on any atom is -0.459 e. The van der Waals surface area contributed by atoms with Crippen molar-refractivity contribution >= 4 is 44.3 Å². The van der Waals surface area contributed by atoms with Gasteiger partial charge in [-0.2, -0.15) is 0 Å². The lowest BCUT2D eigenvalue weighted by Crippen LogP contribution is -2.56. The van der Waals surface area contributed by atoms with Gasteiger partial charge in [0.25, 0.3) is 5.91 Å². The van der Waals surface area contributed by atoms with E-state index in [0.29, 0.717) is 29.5 Å². The van der Waals surface area contributed by atoms with E-state index in [-0.39, 0.29) is 17.4 Å². The fraction of sp³-hybridized carbons (Fsp3) is 0.344. The SMILES string of the molecule is CC(C)(C)OC(=O)C(C)(C)c1cc(-c2cccc(-c3csc(NC(=O)[C@@H]4CCN4C(=O)c4ccn(S(C)(=O)=O)c4)n3)c2)ccn1. The number of hydrogen-bond acceptors (Lipinski definition) is 9. The molecule has 13 heteroatoms. The Balaban J connectivity index is 1.28. The molecule has 4 aromatic rings. The van der Waals surface area contributed by atoms with Crippen molar-refractivity contribution in [1.29, 1.82) is 0 Å². The van der Waals surface area contributed by atoms with Gasteiger partial charge in [0.05, 0.1) is 23.2 Å². The Morgan fingerprint density at radius 2 is 1.73 bits per heavy atom. The van der Waals surface area contributed by atoms with Crippen LogP contribution in [0, 0.1) is 0 Å². The summed E-state index contributed by atoms with van der Waals surface area (Å²) in [6, 6.07) is 12.3. The lowest BCUT2D eigenvalue weighted by molar-refractivity contribution is -0.161. The predicted molar refractivity (Wildman–Crippen MR) is 172 cm³/mol. The third-order valence-corrected chi connectivity index (χ3v) is 9.17. The molecule has 1 fully saturated rings. The van der Waals surface area contributed by atoms with Crippen LogP contribution in [-0.4, -0.2) is 69.5 Å². The van der Waals surface area contributed by atoms with Gasteiger partial charge < -0.3 is 15.0 Å². The molecule has 5 rings (SSSR count). The van der Waals surface area contributed by atoms with Crippen molar-refractivity contribution in [1.82, 2.24) is 18.8 Å². The molecule has 0 saturated carbocycles. The molecule has 2 amide bonds. The first-order chi connectivity index (χ1) is 21.0. The fourth-order valence-corrected chi connectivity index (χ4v) is 6.06. The number of nitrogens with one attached hydrogen (secondary N) is 1. The molecule has 0 aliphatic carbocycles. The maximum atomic E-state index is 13.0. The Morgan fingerprint density at radius 1 is 1.02 bits per heavy atom. The fourth-order valence-electron chi connectivity index (χ4n) is 4.75. The van der Waals surface area contributed by atoms with Gasteiger partial charge in [-0.25, -0.2) is 13.4 Å². The van der Waals surface area contributed by atoms with Gasteiger partial charge in [0.2, 0.25) is 15.9 Å². The monoisotopic (exact) mass is 649 g/mol. The van der Waals surface area contributed by atoms with E-state index in [1.54, 1.807) is 20.0 Å². The average Bonchev–Trinajstić information content (AvgIpc) is 3.62. The van der Waals surface area contributed by atoms with Gasteiger partial charge in [0, 0.05) is 36.1 Å². The highest BCUT2D eigenvalue weighted by Crippen LogP contribution is 2.32. The molecule has 1 aliphatic heterocycles. The van der Waals surface area contributed by atoms with Crippen molar-refractivity contribution in [2.75, 3.05) is 18.1 Å². The number of amides is 2. The number of rotatable bonds is 8. The Morgan fingerprint density at radius 3 is 2.38 bits per heavy atom. The summed E-state index contributed by atoms with van der Waals surface area (Å²) in [5.74, 6) is -1.12. The van der Waals surface area contributed by atoms with E-state index in [0.717, 1.165) is 26.9 Å². The van der Waals surface area contributed by atoms with Crippen molar-refractivity contribution in [2.24, 2.45) is 0 Å². The molecule has 0 spiro atoms. The van der Waals surface area contributed by atoms with E-state index < -0.39 is 33.0 Å². The maximum absolute atomic E-state index is 13.0. The van der Waals surface area contributed by atoms with Crippen LogP contribution in [-0.2, 0) is 29.8 Å². The van der Waals surface area contributed by atoms with Crippen LogP contribution in [0.3, 0.4) is 0 Å². The van der Waals surface area contributed by atoms with E-state index >= 15 is 0 Å². The summed E-state index contributed by atoms with van der Waals surface area (Å²) >= 11 is 1.27. The first kappa shape index (κ1) is 32.0. The Kier molecular flexibility index (Phi) is 8.45. The number of pyridine rings is 1. The van der Waals surface area contributed by atoms with Crippen LogP contribution in [0.5, 0.6) is 0 Å². The number of nitrogens with zero attached hydrogens (tertiary/aromatic N) is 4. The molecule has 45 heavy (non-hydrogen) atoms.